The van der Waals surface area contributed by atoms with Crippen LogP contribution in [0.25, 0.3) is 0 Å². The van der Waals surface area contributed by atoms with Gasteiger partial charge in [-0.25, -0.2) is 9.97 Å². The molecule has 1 aliphatic heterocycles. The molecule has 0 unspecified atom stereocenters. The first-order valence-electron chi connectivity index (χ1n) is 7.03. The highest BCUT2D eigenvalue weighted by molar-refractivity contribution is 5.37. The van der Waals surface area contributed by atoms with Crippen molar-refractivity contribution in [2.75, 3.05) is 44.8 Å². The normalized spacial score (nSPS) is 15.8. The molecule has 0 saturated carbocycles. The fourth-order valence-corrected chi connectivity index (χ4v) is 2.43. The van der Waals surface area contributed by atoms with Gasteiger partial charge in [0.05, 0.1) is 13.2 Å². The molecule has 2 rings (SSSR count). The molecule has 19 heavy (non-hydrogen) atoms. The van der Waals surface area contributed by atoms with E-state index >= 15 is 0 Å². The highest BCUT2D eigenvalue weighted by atomic mass is 16.5. The number of ether oxygens (including phenoxy) is 1. The summed E-state index contributed by atoms with van der Waals surface area (Å²) < 4.78 is 5.37. The van der Waals surface area contributed by atoms with Crippen LogP contribution < -0.4 is 10.2 Å². The molecule has 0 radical (unpaired) electrons. The van der Waals surface area contributed by atoms with Gasteiger partial charge < -0.3 is 15.0 Å². The molecule has 5 heteroatoms. The lowest BCUT2D eigenvalue weighted by atomic mass is 10.1. The third-order valence-electron chi connectivity index (χ3n) is 3.56. The van der Waals surface area contributed by atoms with Crippen LogP contribution in [-0.4, -0.2) is 49.9 Å². The molecule has 1 aliphatic rings. The number of nitrogens with zero attached hydrogens (tertiary/aromatic N) is 3. The van der Waals surface area contributed by atoms with Gasteiger partial charge in [-0.2, -0.15) is 0 Å². The Morgan fingerprint density at radius 3 is 2.37 bits per heavy atom. The SMILES string of the molecule is CNCCCc1c(C)nc(N2CCOCC2)nc1C. The fourth-order valence-electron chi connectivity index (χ4n) is 2.43. The molecule has 2 heterocycles. The topological polar surface area (TPSA) is 50.3 Å². The second-order valence-electron chi connectivity index (χ2n) is 4.98. The molecule has 106 valence electrons. The third-order valence-corrected chi connectivity index (χ3v) is 3.56. The van der Waals surface area contributed by atoms with Gasteiger partial charge in [-0.05, 0) is 45.8 Å². The highest BCUT2D eigenvalue weighted by Crippen LogP contribution is 2.17. The number of morpholine rings is 1. The second-order valence-corrected chi connectivity index (χ2v) is 4.98. The van der Waals surface area contributed by atoms with Gasteiger partial charge in [0.2, 0.25) is 5.95 Å². The molecule has 0 bridgehead atoms. The lowest BCUT2D eigenvalue weighted by Gasteiger charge is -2.27. The van der Waals surface area contributed by atoms with Crippen molar-refractivity contribution in [3.05, 3.63) is 17.0 Å². The van der Waals surface area contributed by atoms with Crippen LogP contribution in [0.15, 0.2) is 0 Å². The Labute approximate surface area is 115 Å². The van der Waals surface area contributed by atoms with E-state index in [-0.39, 0.29) is 0 Å². The molecular formula is C14H24N4O. The Kier molecular flexibility index (Phi) is 5.10. The monoisotopic (exact) mass is 264 g/mol. The Hall–Kier alpha value is -1.20. The van der Waals surface area contributed by atoms with Crippen LogP contribution in [0.5, 0.6) is 0 Å². The summed E-state index contributed by atoms with van der Waals surface area (Å²) in [6.45, 7) is 8.53. The van der Waals surface area contributed by atoms with Crippen molar-refractivity contribution in [1.29, 1.82) is 0 Å². The van der Waals surface area contributed by atoms with E-state index in [1.165, 1.54) is 5.56 Å². The fraction of sp³-hybridized carbons (Fsp3) is 0.714. The molecule has 0 aliphatic carbocycles. The van der Waals surface area contributed by atoms with E-state index in [4.69, 9.17) is 4.74 Å². The Morgan fingerprint density at radius 1 is 1.16 bits per heavy atom. The lowest BCUT2D eigenvalue weighted by Crippen LogP contribution is -2.37. The molecule has 1 aromatic heterocycles. The van der Waals surface area contributed by atoms with Crippen LogP contribution >= 0.6 is 0 Å². The average molecular weight is 264 g/mol. The molecule has 0 aromatic carbocycles. The molecule has 1 fully saturated rings. The molecule has 1 aromatic rings. The van der Waals surface area contributed by atoms with Crippen molar-refractivity contribution >= 4 is 5.95 Å². The van der Waals surface area contributed by atoms with Gasteiger partial charge in [-0.3, -0.25) is 0 Å². The van der Waals surface area contributed by atoms with E-state index in [0.29, 0.717) is 0 Å². The molecule has 1 N–H and O–H groups in total. The first kappa shape index (κ1) is 14.2. The van der Waals surface area contributed by atoms with Crippen molar-refractivity contribution in [2.24, 2.45) is 0 Å². The van der Waals surface area contributed by atoms with Crippen LogP contribution in [0.4, 0.5) is 5.95 Å². The Morgan fingerprint density at radius 2 is 1.79 bits per heavy atom. The smallest absolute Gasteiger partial charge is 0.225 e. The van der Waals surface area contributed by atoms with E-state index in [1.54, 1.807) is 0 Å². The van der Waals surface area contributed by atoms with Crippen LogP contribution in [0.2, 0.25) is 0 Å². The van der Waals surface area contributed by atoms with E-state index in [2.05, 4.69) is 34.0 Å². The maximum atomic E-state index is 5.37. The number of rotatable bonds is 5. The quantitative estimate of drug-likeness (QED) is 0.807. The third kappa shape index (κ3) is 3.64. The van der Waals surface area contributed by atoms with Crippen LogP contribution in [0.1, 0.15) is 23.4 Å². The largest absolute Gasteiger partial charge is 0.378 e. The first-order chi connectivity index (χ1) is 9.22. The minimum atomic E-state index is 0.769. The van der Waals surface area contributed by atoms with E-state index < -0.39 is 0 Å². The van der Waals surface area contributed by atoms with Crippen LogP contribution in [0.3, 0.4) is 0 Å². The molecule has 0 atom stereocenters. The summed E-state index contributed by atoms with van der Waals surface area (Å²) in [5.41, 5.74) is 3.53. The number of aryl methyl sites for hydroxylation is 2. The van der Waals surface area contributed by atoms with Gasteiger partial charge in [-0.15, -0.1) is 0 Å². The van der Waals surface area contributed by atoms with Gasteiger partial charge in [0.1, 0.15) is 0 Å². The Balaban J connectivity index is 2.11. The summed E-state index contributed by atoms with van der Waals surface area (Å²) in [6.07, 6.45) is 2.17. The van der Waals surface area contributed by atoms with E-state index in [9.17, 15) is 0 Å². The predicted molar refractivity (Wildman–Crippen MR) is 76.8 cm³/mol. The zero-order chi connectivity index (χ0) is 13.7. The van der Waals surface area contributed by atoms with Crippen LogP contribution in [0, 0.1) is 13.8 Å². The van der Waals surface area contributed by atoms with Crippen LogP contribution in [-0.2, 0) is 11.2 Å². The zero-order valence-electron chi connectivity index (χ0n) is 12.2. The Bertz CT molecular complexity index is 393. The van der Waals surface area contributed by atoms with Gasteiger partial charge in [0.25, 0.3) is 0 Å². The maximum Gasteiger partial charge on any atom is 0.225 e. The number of anilines is 1. The molecule has 0 spiro atoms. The number of aromatic nitrogens is 2. The first-order valence-corrected chi connectivity index (χ1v) is 7.03. The summed E-state index contributed by atoms with van der Waals surface area (Å²) in [4.78, 5) is 11.6. The predicted octanol–water partition coefficient (Wildman–Crippen LogP) is 1.08. The van der Waals surface area contributed by atoms with Gasteiger partial charge in [-0.1, -0.05) is 0 Å². The van der Waals surface area contributed by atoms with Gasteiger partial charge >= 0.3 is 0 Å². The second kappa shape index (κ2) is 6.82. The standard InChI is InChI=1S/C14H24N4O/c1-11-13(5-4-6-15-3)12(2)17-14(16-11)18-7-9-19-10-8-18/h15H,4-10H2,1-3H3. The van der Waals surface area contributed by atoms with Gasteiger partial charge in [0.15, 0.2) is 0 Å². The summed E-state index contributed by atoms with van der Waals surface area (Å²) in [7, 11) is 1.98. The lowest BCUT2D eigenvalue weighted by molar-refractivity contribution is 0.122. The van der Waals surface area contributed by atoms with Crippen molar-refractivity contribution < 1.29 is 4.74 Å². The van der Waals surface area contributed by atoms with E-state index in [1.807, 2.05) is 7.05 Å². The number of hydrogen-bond donors (Lipinski definition) is 1. The maximum absolute atomic E-state index is 5.37. The van der Waals surface area contributed by atoms with E-state index in [0.717, 1.165) is 63.0 Å². The van der Waals surface area contributed by atoms with Crippen molar-refractivity contribution in [2.45, 2.75) is 26.7 Å². The summed E-state index contributed by atoms with van der Waals surface area (Å²) in [5.74, 6) is 0.857. The van der Waals surface area contributed by atoms with Gasteiger partial charge in [0, 0.05) is 24.5 Å². The van der Waals surface area contributed by atoms with Crippen molar-refractivity contribution in [3.8, 4) is 0 Å². The highest BCUT2D eigenvalue weighted by Gasteiger charge is 2.16. The number of hydrogen-bond acceptors (Lipinski definition) is 5. The van der Waals surface area contributed by atoms with Crippen molar-refractivity contribution in [3.63, 3.8) is 0 Å². The summed E-state index contributed by atoms with van der Waals surface area (Å²) in [6, 6.07) is 0. The molecular weight excluding hydrogens is 240 g/mol. The molecule has 1 saturated heterocycles. The summed E-state index contributed by atoms with van der Waals surface area (Å²) >= 11 is 0. The average Bonchev–Trinajstić information content (AvgIpc) is 2.43. The molecule has 0 amide bonds. The number of nitrogens with one attached hydrogen (secondary N) is 1. The van der Waals surface area contributed by atoms with Crippen molar-refractivity contribution in [1.82, 2.24) is 15.3 Å². The minimum Gasteiger partial charge on any atom is -0.378 e. The zero-order valence-corrected chi connectivity index (χ0v) is 12.2. The molecule has 5 nitrogen and oxygen atoms in total. The minimum absolute atomic E-state index is 0.769. The summed E-state index contributed by atoms with van der Waals surface area (Å²) in [5, 5.41) is 3.18.